The second-order valence-corrected chi connectivity index (χ2v) is 4.66. The van der Waals surface area contributed by atoms with E-state index < -0.39 is 0 Å². The number of hydrogen-bond donors (Lipinski definition) is 2. The first-order valence-electron chi connectivity index (χ1n) is 6.60. The summed E-state index contributed by atoms with van der Waals surface area (Å²) in [6, 6.07) is 14.9. The highest BCUT2D eigenvalue weighted by Gasteiger charge is 1.99. The Morgan fingerprint density at radius 2 is 1.84 bits per heavy atom. The van der Waals surface area contributed by atoms with Gasteiger partial charge in [-0.05, 0) is 35.7 Å². The highest BCUT2D eigenvalue weighted by atomic mass is 14.9. The van der Waals surface area contributed by atoms with E-state index in [1.54, 1.807) is 6.33 Å². The van der Waals surface area contributed by atoms with Crippen molar-refractivity contribution in [2.24, 2.45) is 0 Å². The standard InChI is InChI=1S/C16H17N3/c1-2-12-3-5-13(6-4-12)10-17-14-7-8-15-16(9-14)19-11-18-15/h3-9,11,17H,2,10H2,1H3,(H,18,19). The summed E-state index contributed by atoms with van der Waals surface area (Å²) in [5.74, 6) is 0. The van der Waals surface area contributed by atoms with Crippen molar-refractivity contribution in [3.63, 3.8) is 0 Å². The van der Waals surface area contributed by atoms with Gasteiger partial charge in [0, 0.05) is 12.2 Å². The lowest BCUT2D eigenvalue weighted by atomic mass is 10.1. The summed E-state index contributed by atoms with van der Waals surface area (Å²) < 4.78 is 0. The molecule has 0 saturated carbocycles. The first-order valence-corrected chi connectivity index (χ1v) is 6.60. The van der Waals surface area contributed by atoms with E-state index in [4.69, 9.17) is 0 Å². The maximum atomic E-state index is 4.26. The van der Waals surface area contributed by atoms with Gasteiger partial charge in [0.1, 0.15) is 0 Å². The van der Waals surface area contributed by atoms with Crippen LogP contribution in [0.3, 0.4) is 0 Å². The smallest absolute Gasteiger partial charge is 0.0931 e. The SMILES string of the molecule is CCc1ccc(CNc2ccc3[nH]cnc3c2)cc1. The molecule has 19 heavy (non-hydrogen) atoms. The predicted molar refractivity (Wildman–Crippen MR) is 79.2 cm³/mol. The molecule has 1 aromatic heterocycles. The number of imidazole rings is 1. The zero-order chi connectivity index (χ0) is 13.1. The summed E-state index contributed by atoms with van der Waals surface area (Å²) in [4.78, 5) is 7.36. The van der Waals surface area contributed by atoms with E-state index in [-0.39, 0.29) is 0 Å². The molecule has 3 nitrogen and oxygen atoms in total. The highest BCUT2D eigenvalue weighted by molar-refractivity contribution is 5.78. The van der Waals surface area contributed by atoms with Gasteiger partial charge in [-0.25, -0.2) is 4.98 Å². The van der Waals surface area contributed by atoms with E-state index in [9.17, 15) is 0 Å². The fourth-order valence-electron chi connectivity index (χ4n) is 2.14. The van der Waals surface area contributed by atoms with Crippen LogP contribution < -0.4 is 5.32 Å². The average Bonchev–Trinajstić information content (AvgIpc) is 2.93. The predicted octanol–water partition coefficient (Wildman–Crippen LogP) is 3.74. The van der Waals surface area contributed by atoms with Gasteiger partial charge >= 0.3 is 0 Å². The van der Waals surface area contributed by atoms with Crippen LogP contribution in [0.5, 0.6) is 0 Å². The molecule has 0 unspecified atom stereocenters. The van der Waals surface area contributed by atoms with Crippen molar-refractivity contribution in [2.75, 3.05) is 5.32 Å². The van der Waals surface area contributed by atoms with Crippen molar-refractivity contribution in [3.8, 4) is 0 Å². The monoisotopic (exact) mass is 251 g/mol. The van der Waals surface area contributed by atoms with Crippen LogP contribution in [-0.2, 0) is 13.0 Å². The van der Waals surface area contributed by atoms with E-state index in [2.05, 4.69) is 58.6 Å². The molecule has 0 aliphatic rings. The number of hydrogen-bond acceptors (Lipinski definition) is 2. The molecule has 0 spiro atoms. The van der Waals surface area contributed by atoms with Gasteiger partial charge in [0.25, 0.3) is 0 Å². The van der Waals surface area contributed by atoms with Crippen LogP contribution in [0.25, 0.3) is 11.0 Å². The first kappa shape index (κ1) is 11.8. The lowest BCUT2D eigenvalue weighted by Gasteiger charge is -2.07. The number of benzene rings is 2. The van der Waals surface area contributed by atoms with Gasteiger partial charge < -0.3 is 10.3 Å². The van der Waals surface area contributed by atoms with Gasteiger partial charge in [0.05, 0.1) is 17.4 Å². The van der Waals surface area contributed by atoms with Crippen LogP contribution in [0, 0.1) is 0 Å². The van der Waals surface area contributed by atoms with Gasteiger partial charge in [0.2, 0.25) is 0 Å². The number of anilines is 1. The van der Waals surface area contributed by atoms with E-state index in [1.165, 1.54) is 11.1 Å². The molecule has 3 rings (SSSR count). The molecule has 0 amide bonds. The van der Waals surface area contributed by atoms with Crippen molar-refractivity contribution < 1.29 is 0 Å². The van der Waals surface area contributed by atoms with Crippen molar-refractivity contribution >= 4 is 16.7 Å². The highest BCUT2D eigenvalue weighted by Crippen LogP contribution is 2.16. The molecule has 0 radical (unpaired) electrons. The summed E-state index contributed by atoms with van der Waals surface area (Å²) in [5.41, 5.74) is 5.82. The van der Waals surface area contributed by atoms with Crippen LogP contribution in [0.15, 0.2) is 48.8 Å². The maximum Gasteiger partial charge on any atom is 0.0931 e. The van der Waals surface area contributed by atoms with E-state index in [1.807, 2.05) is 6.07 Å². The number of aryl methyl sites for hydroxylation is 1. The maximum absolute atomic E-state index is 4.26. The average molecular weight is 251 g/mol. The van der Waals surface area contributed by atoms with Gasteiger partial charge in [-0.3, -0.25) is 0 Å². The molecule has 2 aromatic carbocycles. The normalized spacial score (nSPS) is 10.8. The molecule has 0 bridgehead atoms. The van der Waals surface area contributed by atoms with Crippen molar-refractivity contribution in [3.05, 3.63) is 59.9 Å². The van der Waals surface area contributed by atoms with Crippen LogP contribution in [0.4, 0.5) is 5.69 Å². The number of nitrogens with one attached hydrogen (secondary N) is 2. The molecular formula is C16H17N3. The van der Waals surface area contributed by atoms with E-state index >= 15 is 0 Å². The summed E-state index contributed by atoms with van der Waals surface area (Å²) in [6.45, 7) is 3.01. The van der Waals surface area contributed by atoms with Gasteiger partial charge in [-0.1, -0.05) is 31.2 Å². The lowest BCUT2D eigenvalue weighted by Crippen LogP contribution is -1.99. The van der Waals surface area contributed by atoms with Crippen molar-refractivity contribution in [1.29, 1.82) is 0 Å². The van der Waals surface area contributed by atoms with E-state index in [0.29, 0.717) is 0 Å². The molecule has 2 N–H and O–H groups in total. The molecule has 3 heteroatoms. The number of aromatic nitrogens is 2. The Balaban J connectivity index is 1.70. The Morgan fingerprint density at radius 3 is 2.63 bits per heavy atom. The molecular weight excluding hydrogens is 234 g/mol. The summed E-state index contributed by atoms with van der Waals surface area (Å²) in [7, 11) is 0. The van der Waals surface area contributed by atoms with Crippen molar-refractivity contribution in [2.45, 2.75) is 19.9 Å². The number of aromatic amines is 1. The van der Waals surface area contributed by atoms with Crippen LogP contribution in [0.1, 0.15) is 18.1 Å². The van der Waals surface area contributed by atoms with E-state index in [0.717, 1.165) is 29.7 Å². The Labute approximate surface area is 112 Å². The minimum absolute atomic E-state index is 0.833. The lowest BCUT2D eigenvalue weighted by molar-refractivity contribution is 1.11. The minimum atomic E-state index is 0.833. The largest absolute Gasteiger partial charge is 0.381 e. The quantitative estimate of drug-likeness (QED) is 0.741. The van der Waals surface area contributed by atoms with Crippen LogP contribution >= 0.6 is 0 Å². The first-order chi connectivity index (χ1) is 9.35. The zero-order valence-corrected chi connectivity index (χ0v) is 11.0. The summed E-state index contributed by atoms with van der Waals surface area (Å²) in [5, 5.41) is 3.43. The second-order valence-electron chi connectivity index (χ2n) is 4.66. The molecule has 96 valence electrons. The molecule has 0 saturated heterocycles. The third-order valence-electron chi connectivity index (χ3n) is 3.35. The molecule has 3 aromatic rings. The molecule has 0 aliphatic heterocycles. The Kier molecular flexibility index (Phi) is 3.19. The summed E-state index contributed by atoms with van der Waals surface area (Å²) >= 11 is 0. The topological polar surface area (TPSA) is 40.7 Å². The third kappa shape index (κ3) is 2.60. The number of H-pyrrole nitrogens is 1. The molecule has 0 fully saturated rings. The Bertz CT molecular complexity index is 668. The molecule has 0 aliphatic carbocycles. The molecule has 0 atom stereocenters. The van der Waals surface area contributed by atoms with Crippen LogP contribution in [-0.4, -0.2) is 9.97 Å². The fraction of sp³-hybridized carbons (Fsp3) is 0.188. The van der Waals surface area contributed by atoms with Gasteiger partial charge in [-0.2, -0.15) is 0 Å². The Morgan fingerprint density at radius 1 is 1.05 bits per heavy atom. The Hall–Kier alpha value is -2.29. The zero-order valence-electron chi connectivity index (χ0n) is 11.0. The number of rotatable bonds is 4. The number of nitrogens with zero attached hydrogens (tertiary/aromatic N) is 1. The summed E-state index contributed by atoms with van der Waals surface area (Å²) in [6.07, 6.45) is 2.81. The van der Waals surface area contributed by atoms with Crippen LogP contribution in [0.2, 0.25) is 0 Å². The third-order valence-corrected chi connectivity index (χ3v) is 3.35. The van der Waals surface area contributed by atoms with Gasteiger partial charge in [0.15, 0.2) is 0 Å². The number of fused-ring (bicyclic) bond motifs is 1. The molecule has 1 heterocycles. The van der Waals surface area contributed by atoms with Gasteiger partial charge in [-0.15, -0.1) is 0 Å². The van der Waals surface area contributed by atoms with Crippen molar-refractivity contribution in [1.82, 2.24) is 9.97 Å². The fourth-order valence-corrected chi connectivity index (χ4v) is 2.14. The second kappa shape index (κ2) is 5.14. The minimum Gasteiger partial charge on any atom is -0.381 e.